The Bertz CT molecular complexity index is 2380. The van der Waals surface area contributed by atoms with E-state index in [9.17, 15) is 5.26 Å². The monoisotopic (exact) mass is 559 g/mol. The van der Waals surface area contributed by atoms with E-state index in [4.69, 9.17) is 9.97 Å². The number of hydrogen-bond donors (Lipinski definition) is 0. The molecule has 0 aliphatic heterocycles. The molecule has 0 amide bonds. The standard InChI is InChI=1S/C41H25N3/c42-26-27-18-20-29(21-19-27)32-14-8-9-17-35(32)39-25-38(30-11-2-1-3-12-30)43-41(44-39)40-34-16-7-5-13-31(34)24-37-33-15-6-4-10-28(33)22-23-36(37)40/h1-25H. The molecule has 0 spiro atoms. The minimum Gasteiger partial charge on any atom is -0.228 e. The lowest BCUT2D eigenvalue weighted by atomic mass is 9.92. The molecule has 3 nitrogen and oxygen atoms in total. The van der Waals surface area contributed by atoms with Gasteiger partial charge in [0.1, 0.15) is 0 Å². The second kappa shape index (κ2) is 10.6. The fourth-order valence-electron chi connectivity index (χ4n) is 6.20. The first-order valence-electron chi connectivity index (χ1n) is 14.6. The van der Waals surface area contributed by atoms with Crippen LogP contribution in [-0.2, 0) is 0 Å². The second-order valence-corrected chi connectivity index (χ2v) is 10.9. The normalized spacial score (nSPS) is 11.2. The van der Waals surface area contributed by atoms with Crippen molar-refractivity contribution in [3.8, 4) is 51.1 Å². The van der Waals surface area contributed by atoms with Crippen LogP contribution < -0.4 is 0 Å². The Hall–Kier alpha value is -6.11. The lowest BCUT2D eigenvalue weighted by Gasteiger charge is -2.16. The van der Waals surface area contributed by atoms with Gasteiger partial charge in [0, 0.05) is 16.7 Å². The summed E-state index contributed by atoms with van der Waals surface area (Å²) in [4.78, 5) is 10.6. The number of nitrogens with zero attached hydrogens (tertiary/aromatic N) is 3. The van der Waals surface area contributed by atoms with Crippen LogP contribution >= 0.6 is 0 Å². The van der Waals surface area contributed by atoms with Crippen molar-refractivity contribution in [1.82, 2.24) is 9.97 Å². The summed E-state index contributed by atoms with van der Waals surface area (Å²) in [6, 6.07) is 54.4. The van der Waals surface area contributed by atoms with Gasteiger partial charge in [0.15, 0.2) is 5.82 Å². The molecule has 0 aliphatic rings. The number of rotatable bonds is 4. The van der Waals surface area contributed by atoms with Gasteiger partial charge in [-0.05, 0) is 67.7 Å². The summed E-state index contributed by atoms with van der Waals surface area (Å²) >= 11 is 0. The van der Waals surface area contributed by atoms with Crippen LogP contribution in [0.25, 0.3) is 77.3 Å². The van der Waals surface area contributed by atoms with E-state index in [0.717, 1.165) is 55.4 Å². The minimum atomic E-state index is 0.636. The average molecular weight is 560 g/mol. The zero-order valence-electron chi connectivity index (χ0n) is 23.8. The maximum Gasteiger partial charge on any atom is 0.161 e. The lowest BCUT2D eigenvalue weighted by molar-refractivity contribution is 1.19. The Morgan fingerprint density at radius 3 is 1.89 bits per heavy atom. The summed E-state index contributed by atoms with van der Waals surface area (Å²) in [6.45, 7) is 0. The Morgan fingerprint density at radius 1 is 0.432 bits per heavy atom. The number of benzene rings is 7. The van der Waals surface area contributed by atoms with E-state index in [-0.39, 0.29) is 0 Å². The van der Waals surface area contributed by atoms with Crippen molar-refractivity contribution >= 4 is 32.3 Å². The number of hydrogen-bond acceptors (Lipinski definition) is 3. The van der Waals surface area contributed by atoms with Crippen molar-refractivity contribution in [2.24, 2.45) is 0 Å². The minimum absolute atomic E-state index is 0.636. The summed E-state index contributed by atoms with van der Waals surface area (Å²) in [5, 5.41) is 16.3. The van der Waals surface area contributed by atoms with Crippen molar-refractivity contribution in [2.75, 3.05) is 0 Å². The Balaban J connectivity index is 1.45. The molecule has 0 fully saturated rings. The third-order valence-electron chi connectivity index (χ3n) is 8.32. The van der Waals surface area contributed by atoms with Crippen LogP contribution in [0.2, 0.25) is 0 Å². The van der Waals surface area contributed by atoms with Gasteiger partial charge in [0.05, 0.1) is 23.0 Å². The SMILES string of the molecule is N#Cc1ccc(-c2ccccc2-c2cc(-c3ccccc3)nc(-c3c4ccccc4cc4c3ccc3ccccc34)n2)cc1. The molecule has 1 heterocycles. The number of aromatic nitrogens is 2. The predicted molar refractivity (Wildman–Crippen MR) is 181 cm³/mol. The Kier molecular flexibility index (Phi) is 6.18. The Morgan fingerprint density at radius 2 is 1.09 bits per heavy atom. The average Bonchev–Trinajstić information content (AvgIpc) is 3.11. The molecule has 0 saturated carbocycles. The highest BCUT2D eigenvalue weighted by Gasteiger charge is 2.18. The largest absolute Gasteiger partial charge is 0.228 e. The fourth-order valence-corrected chi connectivity index (χ4v) is 6.20. The third-order valence-corrected chi connectivity index (χ3v) is 8.32. The molecule has 0 atom stereocenters. The van der Waals surface area contributed by atoms with Gasteiger partial charge in [-0.2, -0.15) is 5.26 Å². The van der Waals surface area contributed by atoms with Gasteiger partial charge < -0.3 is 0 Å². The molecule has 0 radical (unpaired) electrons. The molecule has 44 heavy (non-hydrogen) atoms. The van der Waals surface area contributed by atoms with Crippen molar-refractivity contribution < 1.29 is 0 Å². The maximum absolute atomic E-state index is 9.35. The second-order valence-electron chi connectivity index (χ2n) is 10.9. The van der Waals surface area contributed by atoms with Gasteiger partial charge in [-0.25, -0.2) is 9.97 Å². The highest BCUT2D eigenvalue weighted by atomic mass is 14.9. The molecule has 8 aromatic rings. The molecule has 0 N–H and O–H groups in total. The molecular formula is C41H25N3. The molecule has 0 bridgehead atoms. The zero-order valence-corrected chi connectivity index (χ0v) is 23.8. The molecule has 0 aliphatic carbocycles. The topological polar surface area (TPSA) is 49.6 Å². The van der Waals surface area contributed by atoms with Gasteiger partial charge in [0.2, 0.25) is 0 Å². The molecular weight excluding hydrogens is 534 g/mol. The van der Waals surface area contributed by atoms with E-state index in [1.165, 1.54) is 16.2 Å². The van der Waals surface area contributed by atoms with E-state index in [1.807, 2.05) is 54.6 Å². The van der Waals surface area contributed by atoms with E-state index in [0.29, 0.717) is 11.4 Å². The third kappa shape index (κ3) is 4.38. The number of nitriles is 1. The first kappa shape index (κ1) is 25.6. The van der Waals surface area contributed by atoms with E-state index < -0.39 is 0 Å². The maximum atomic E-state index is 9.35. The van der Waals surface area contributed by atoms with Gasteiger partial charge in [-0.3, -0.25) is 0 Å². The molecule has 3 heteroatoms. The van der Waals surface area contributed by atoms with E-state index in [2.05, 4.69) is 103 Å². The highest BCUT2D eigenvalue weighted by Crippen LogP contribution is 2.40. The van der Waals surface area contributed by atoms with E-state index >= 15 is 0 Å². The molecule has 1 aromatic heterocycles. The molecule has 204 valence electrons. The quantitative estimate of drug-likeness (QED) is 0.159. The smallest absolute Gasteiger partial charge is 0.161 e. The first-order chi connectivity index (χ1) is 21.8. The van der Waals surface area contributed by atoms with Crippen LogP contribution in [0.15, 0.2) is 152 Å². The summed E-state index contributed by atoms with van der Waals surface area (Å²) in [6.07, 6.45) is 0. The summed E-state index contributed by atoms with van der Waals surface area (Å²) in [5.74, 6) is 0.688. The van der Waals surface area contributed by atoms with Crippen molar-refractivity contribution in [3.63, 3.8) is 0 Å². The highest BCUT2D eigenvalue weighted by molar-refractivity contribution is 6.19. The summed E-state index contributed by atoms with van der Waals surface area (Å²) in [7, 11) is 0. The van der Waals surface area contributed by atoms with Crippen LogP contribution in [0.3, 0.4) is 0 Å². The van der Waals surface area contributed by atoms with Crippen molar-refractivity contribution in [1.29, 1.82) is 5.26 Å². The first-order valence-corrected chi connectivity index (χ1v) is 14.6. The van der Waals surface area contributed by atoms with Crippen molar-refractivity contribution in [2.45, 2.75) is 0 Å². The van der Waals surface area contributed by atoms with Crippen LogP contribution in [-0.4, -0.2) is 9.97 Å². The fraction of sp³-hybridized carbons (Fsp3) is 0. The van der Waals surface area contributed by atoms with Gasteiger partial charge in [-0.1, -0.05) is 127 Å². The van der Waals surface area contributed by atoms with Crippen LogP contribution in [0.5, 0.6) is 0 Å². The Labute approximate surface area is 255 Å². The van der Waals surface area contributed by atoms with Crippen LogP contribution in [0.1, 0.15) is 5.56 Å². The molecule has 8 rings (SSSR count). The lowest BCUT2D eigenvalue weighted by Crippen LogP contribution is -1.98. The zero-order chi connectivity index (χ0) is 29.5. The predicted octanol–water partition coefficient (Wildman–Crippen LogP) is 10.5. The summed E-state index contributed by atoms with van der Waals surface area (Å²) in [5.41, 5.74) is 7.49. The number of fused-ring (bicyclic) bond motifs is 4. The van der Waals surface area contributed by atoms with Gasteiger partial charge >= 0.3 is 0 Å². The molecule has 7 aromatic carbocycles. The molecule has 0 unspecified atom stereocenters. The van der Waals surface area contributed by atoms with Crippen LogP contribution in [0.4, 0.5) is 0 Å². The van der Waals surface area contributed by atoms with Crippen LogP contribution in [0, 0.1) is 11.3 Å². The van der Waals surface area contributed by atoms with Gasteiger partial charge in [-0.15, -0.1) is 0 Å². The van der Waals surface area contributed by atoms with Crippen molar-refractivity contribution in [3.05, 3.63) is 157 Å². The van der Waals surface area contributed by atoms with Gasteiger partial charge in [0.25, 0.3) is 0 Å². The van der Waals surface area contributed by atoms with E-state index in [1.54, 1.807) is 0 Å². The summed E-state index contributed by atoms with van der Waals surface area (Å²) < 4.78 is 0. The molecule has 0 saturated heterocycles.